The molecule has 6 heteroatoms. The molecular weight excluding hydrogens is 288 g/mol. The van der Waals surface area contributed by atoms with Gasteiger partial charge in [0.05, 0.1) is 7.11 Å². The van der Waals surface area contributed by atoms with Crippen LogP contribution in [0, 0.1) is 0 Å². The van der Waals surface area contributed by atoms with Crippen LogP contribution in [-0.2, 0) is 4.74 Å². The van der Waals surface area contributed by atoms with Gasteiger partial charge >= 0.3 is 5.97 Å². The summed E-state index contributed by atoms with van der Waals surface area (Å²) in [5.41, 5.74) is 0.422. The summed E-state index contributed by atoms with van der Waals surface area (Å²) >= 11 is 0. The lowest BCUT2D eigenvalue weighted by Gasteiger charge is -2.23. The minimum atomic E-state index is -1.79. The lowest BCUT2D eigenvalue weighted by atomic mass is 10.2. The van der Waals surface area contributed by atoms with Crippen LogP contribution in [0.5, 0.6) is 11.5 Å². The van der Waals surface area contributed by atoms with Crippen LogP contribution in [0.1, 0.15) is 10.4 Å². The highest BCUT2D eigenvalue weighted by molar-refractivity contribution is 6.70. The Labute approximate surface area is 123 Å². The van der Waals surface area contributed by atoms with Gasteiger partial charge in [0.15, 0.2) is 0 Å². The Bertz CT molecular complexity index is 487. The first-order valence-corrected chi connectivity index (χ1v) is 13.4. The Morgan fingerprint density at radius 2 is 1.50 bits per heavy atom. The van der Waals surface area contributed by atoms with Crippen molar-refractivity contribution in [1.29, 1.82) is 0 Å². The molecule has 0 bridgehead atoms. The van der Waals surface area contributed by atoms with Gasteiger partial charge in [0, 0.05) is 0 Å². The van der Waals surface area contributed by atoms with Gasteiger partial charge in [0.1, 0.15) is 17.1 Å². The molecule has 1 rings (SSSR count). The zero-order chi connectivity index (χ0) is 15.6. The molecule has 0 fully saturated rings. The van der Waals surface area contributed by atoms with Gasteiger partial charge in [-0.15, -0.1) is 0 Å². The number of carbonyl (C=O) groups excluding carboxylic acids is 1. The number of benzene rings is 1. The van der Waals surface area contributed by atoms with E-state index in [1.807, 2.05) is 6.07 Å². The van der Waals surface area contributed by atoms with Gasteiger partial charge in [0.2, 0.25) is 16.6 Å². The van der Waals surface area contributed by atoms with Gasteiger partial charge in [-0.25, -0.2) is 4.79 Å². The Morgan fingerprint density at radius 1 is 0.950 bits per heavy atom. The number of ether oxygens (including phenoxy) is 1. The third kappa shape index (κ3) is 5.38. The van der Waals surface area contributed by atoms with Crippen molar-refractivity contribution in [1.82, 2.24) is 0 Å². The van der Waals surface area contributed by atoms with E-state index in [4.69, 9.17) is 13.6 Å². The van der Waals surface area contributed by atoms with E-state index >= 15 is 0 Å². The second-order valence-corrected chi connectivity index (χ2v) is 15.4. The van der Waals surface area contributed by atoms with Crippen molar-refractivity contribution >= 4 is 22.6 Å². The van der Waals surface area contributed by atoms with E-state index in [-0.39, 0.29) is 0 Å². The van der Waals surface area contributed by atoms with Crippen LogP contribution in [0.2, 0.25) is 39.3 Å². The maximum Gasteiger partial charge on any atom is 0.341 e. The summed E-state index contributed by atoms with van der Waals surface area (Å²) in [6, 6.07) is 5.35. The lowest BCUT2D eigenvalue weighted by Crippen LogP contribution is -2.31. The van der Waals surface area contributed by atoms with Crippen molar-refractivity contribution in [3.8, 4) is 11.5 Å². The maximum atomic E-state index is 11.9. The van der Waals surface area contributed by atoms with Crippen LogP contribution in [0.3, 0.4) is 0 Å². The maximum absolute atomic E-state index is 11.9. The summed E-state index contributed by atoms with van der Waals surface area (Å²) in [7, 11) is -2.14. The third-order valence-corrected chi connectivity index (χ3v) is 3.88. The third-order valence-electron chi connectivity index (χ3n) is 2.20. The molecule has 0 aromatic heterocycles. The molecule has 0 aliphatic heterocycles. The highest BCUT2D eigenvalue weighted by Gasteiger charge is 2.23. The molecule has 0 saturated heterocycles. The molecule has 112 valence electrons. The molecule has 1 aromatic rings. The molecule has 0 unspecified atom stereocenters. The van der Waals surface area contributed by atoms with E-state index in [1.165, 1.54) is 7.11 Å². The predicted octanol–water partition coefficient (Wildman–Crippen LogP) is 3.90. The van der Waals surface area contributed by atoms with Crippen LogP contribution in [-0.4, -0.2) is 29.7 Å². The average Bonchev–Trinajstić information content (AvgIpc) is 2.26. The van der Waals surface area contributed by atoms with Crippen LogP contribution >= 0.6 is 0 Å². The smallest absolute Gasteiger partial charge is 0.341 e. The normalized spacial score (nSPS) is 11.9. The van der Waals surface area contributed by atoms with Gasteiger partial charge in [0.25, 0.3) is 0 Å². The van der Waals surface area contributed by atoms with Crippen molar-refractivity contribution in [2.24, 2.45) is 0 Å². The molecule has 0 aliphatic rings. The van der Waals surface area contributed by atoms with Crippen LogP contribution < -0.4 is 8.85 Å². The SMILES string of the molecule is COC(=O)c1cc(O[Si](C)(C)C)ccc1O[Si](C)(C)C. The first kappa shape index (κ1) is 16.8. The fourth-order valence-electron chi connectivity index (χ4n) is 1.61. The molecule has 1 aromatic carbocycles. The summed E-state index contributed by atoms with van der Waals surface area (Å²) in [6.07, 6.45) is 0. The van der Waals surface area contributed by atoms with E-state index in [1.54, 1.807) is 12.1 Å². The van der Waals surface area contributed by atoms with Gasteiger partial charge in [-0.2, -0.15) is 0 Å². The molecule has 4 nitrogen and oxygen atoms in total. The number of methoxy groups -OCH3 is 1. The van der Waals surface area contributed by atoms with Gasteiger partial charge < -0.3 is 13.6 Å². The Morgan fingerprint density at radius 3 is 1.95 bits per heavy atom. The largest absolute Gasteiger partial charge is 0.544 e. The molecule has 0 heterocycles. The highest BCUT2D eigenvalue weighted by atomic mass is 28.4. The summed E-state index contributed by atoms with van der Waals surface area (Å²) in [5.74, 6) is 0.853. The van der Waals surface area contributed by atoms with E-state index in [2.05, 4.69) is 39.3 Å². The Kier molecular flexibility index (Phi) is 5.04. The zero-order valence-electron chi connectivity index (χ0n) is 13.4. The summed E-state index contributed by atoms with van der Waals surface area (Å²) < 4.78 is 16.7. The fourth-order valence-corrected chi connectivity index (χ4v) is 3.29. The molecule has 0 spiro atoms. The zero-order valence-corrected chi connectivity index (χ0v) is 15.4. The number of rotatable bonds is 5. The number of hydrogen-bond acceptors (Lipinski definition) is 4. The van der Waals surface area contributed by atoms with Crippen molar-refractivity contribution < 1.29 is 18.4 Å². The van der Waals surface area contributed by atoms with Gasteiger partial charge in [-0.05, 0) is 57.5 Å². The van der Waals surface area contributed by atoms with Crippen molar-refractivity contribution in [3.05, 3.63) is 23.8 Å². The van der Waals surface area contributed by atoms with Crippen molar-refractivity contribution in [2.75, 3.05) is 7.11 Å². The summed E-state index contributed by atoms with van der Waals surface area (Å²) in [4.78, 5) is 11.9. The molecule has 0 amide bonds. The number of carbonyl (C=O) groups is 1. The minimum absolute atomic E-state index is 0.403. The molecule has 0 saturated carbocycles. The quantitative estimate of drug-likeness (QED) is 0.611. The topological polar surface area (TPSA) is 44.8 Å². The summed E-state index contributed by atoms with van der Waals surface area (Å²) in [6.45, 7) is 12.5. The number of hydrogen-bond donors (Lipinski definition) is 0. The van der Waals surface area contributed by atoms with E-state index < -0.39 is 22.6 Å². The molecule has 0 radical (unpaired) electrons. The van der Waals surface area contributed by atoms with Crippen molar-refractivity contribution in [2.45, 2.75) is 39.3 Å². The van der Waals surface area contributed by atoms with Gasteiger partial charge in [-0.1, -0.05) is 0 Å². The highest BCUT2D eigenvalue weighted by Crippen LogP contribution is 2.28. The Hall–Kier alpha value is -1.28. The molecule has 0 aliphatic carbocycles. The van der Waals surface area contributed by atoms with Crippen LogP contribution in [0.25, 0.3) is 0 Å². The van der Waals surface area contributed by atoms with E-state index in [0.717, 1.165) is 0 Å². The fraction of sp³-hybridized carbons (Fsp3) is 0.500. The standard InChI is InChI=1S/C14H24O4Si2/c1-16-14(15)12-10-11(17-19(2,3)4)8-9-13(12)18-20(5,6)7/h8-10H,1-7H3. The average molecular weight is 313 g/mol. The first-order chi connectivity index (χ1) is 9.02. The lowest BCUT2D eigenvalue weighted by molar-refractivity contribution is 0.0598. The second kappa shape index (κ2) is 6.01. The number of esters is 1. The van der Waals surface area contributed by atoms with E-state index in [9.17, 15) is 4.79 Å². The van der Waals surface area contributed by atoms with E-state index in [0.29, 0.717) is 17.1 Å². The predicted molar refractivity (Wildman–Crippen MR) is 85.7 cm³/mol. The molecular formula is C14H24O4Si2. The second-order valence-electron chi connectivity index (χ2n) is 6.58. The van der Waals surface area contributed by atoms with Crippen LogP contribution in [0.4, 0.5) is 0 Å². The van der Waals surface area contributed by atoms with Crippen LogP contribution in [0.15, 0.2) is 18.2 Å². The Balaban J connectivity index is 3.17. The summed E-state index contributed by atoms with van der Waals surface area (Å²) in [5, 5.41) is 0. The molecule has 20 heavy (non-hydrogen) atoms. The first-order valence-electron chi connectivity index (χ1n) is 6.62. The van der Waals surface area contributed by atoms with Crippen molar-refractivity contribution in [3.63, 3.8) is 0 Å². The molecule has 0 N–H and O–H groups in total. The minimum Gasteiger partial charge on any atom is -0.544 e. The molecule has 0 atom stereocenters. The van der Waals surface area contributed by atoms with Gasteiger partial charge in [-0.3, -0.25) is 0 Å². The monoisotopic (exact) mass is 312 g/mol.